The molecule has 8 heteroatoms. The topological polar surface area (TPSA) is 62.0 Å². The van der Waals surface area contributed by atoms with Crippen LogP contribution in [0, 0.1) is 6.92 Å². The molecule has 1 saturated heterocycles. The summed E-state index contributed by atoms with van der Waals surface area (Å²) in [6.07, 6.45) is 1.83. The average molecular weight is 406 g/mol. The Morgan fingerprint density at radius 2 is 1.83 bits per heavy atom. The average Bonchev–Trinajstić information content (AvgIpc) is 3.15. The zero-order chi connectivity index (χ0) is 20.7. The van der Waals surface area contributed by atoms with Gasteiger partial charge in [0.1, 0.15) is 5.52 Å². The number of hydrogen-bond acceptors (Lipinski definition) is 7. The Morgan fingerprint density at radius 3 is 2.63 bits per heavy atom. The van der Waals surface area contributed by atoms with Crippen LogP contribution in [0.5, 0.6) is 0 Å². The van der Waals surface area contributed by atoms with Gasteiger partial charge in [0.25, 0.3) is 0 Å². The van der Waals surface area contributed by atoms with Crippen LogP contribution >= 0.6 is 0 Å². The third-order valence-corrected chi connectivity index (χ3v) is 5.75. The Hall–Kier alpha value is -3.13. The maximum atomic E-state index is 5.55. The predicted octanol–water partition coefficient (Wildman–Crippen LogP) is 2.23. The van der Waals surface area contributed by atoms with Gasteiger partial charge >= 0.3 is 0 Å². The Balaban J connectivity index is 1.59. The van der Waals surface area contributed by atoms with Gasteiger partial charge < -0.3 is 19.1 Å². The SMILES string of the molecule is Cc1cccc(C2=NN(c3cc(N4CCOCC4)c4ncn(C)c4n3)CCN2C)c1. The first-order valence-corrected chi connectivity index (χ1v) is 10.4. The predicted molar refractivity (Wildman–Crippen MR) is 119 cm³/mol. The number of anilines is 2. The molecule has 0 saturated carbocycles. The second-order valence-corrected chi connectivity index (χ2v) is 7.96. The molecule has 1 fully saturated rings. The minimum absolute atomic E-state index is 0.732. The summed E-state index contributed by atoms with van der Waals surface area (Å²) < 4.78 is 7.53. The first-order chi connectivity index (χ1) is 14.6. The fourth-order valence-electron chi connectivity index (χ4n) is 4.06. The van der Waals surface area contributed by atoms with E-state index < -0.39 is 0 Å². The van der Waals surface area contributed by atoms with Crippen LogP contribution in [-0.4, -0.2) is 71.7 Å². The minimum Gasteiger partial charge on any atom is -0.378 e. The van der Waals surface area contributed by atoms with Crippen molar-refractivity contribution in [3.05, 3.63) is 47.8 Å². The van der Waals surface area contributed by atoms with Crippen LogP contribution < -0.4 is 9.91 Å². The molecule has 0 radical (unpaired) electrons. The number of hydrogen-bond donors (Lipinski definition) is 0. The van der Waals surface area contributed by atoms with E-state index >= 15 is 0 Å². The molecule has 4 heterocycles. The maximum absolute atomic E-state index is 5.55. The van der Waals surface area contributed by atoms with Crippen molar-refractivity contribution in [2.45, 2.75) is 6.92 Å². The number of pyridine rings is 1. The van der Waals surface area contributed by atoms with Gasteiger partial charge in [-0.25, -0.2) is 15.0 Å². The third kappa shape index (κ3) is 3.37. The number of fused-ring (bicyclic) bond motifs is 1. The molecule has 30 heavy (non-hydrogen) atoms. The molecular formula is C22H27N7O. The zero-order valence-corrected chi connectivity index (χ0v) is 17.7. The van der Waals surface area contributed by atoms with E-state index in [2.05, 4.69) is 59.1 Å². The van der Waals surface area contributed by atoms with Crippen molar-refractivity contribution in [2.24, 2.45) is 12.1 Å². The number of benzene rings is 1. The molecule has 0 aliphatic carbocycles. The molecule has 5 rings (SSSR count). The number of rotatable bonds is 3. The van der Waals surface area contributed by atoms with Crippen molar-refractivity contribution in [3.63, 3.8) is 0 Å². The first-order valence-electron chi connectivity index (χ1n) is 10.4. The van der Waals surface area contributed by atoms with Crippen LogP contribution in [0.15, 0.2) is 41.8 Å². The summed E-state index contributed by atoms with van der Waals surface area (Å²) in [6, 6.07) is 10.6. The number of imidazole rings is 1. The molecule has 2 aliphatic heterocycles. The zero-order valence-electron chi connectivity index (χ0n) is 17.7. The Morgan fingerprint density at radius 1 is 1.00 bits per heavy atom. The Bertz CT molecular complexity index is 1100. The summed E-state index contributed by atoms with van der Waals surface area (Å²) in [5.74, 6) is 1.82. The lowest BCUT2D eigenvalue weighted by molar-refractivity contribution is 0.123. The van der Waals surface area contributed by atoms with Crippen molar-refractivity contribution in [2.75, 3.05) is 56.3 Å². The maximum Gasteiger partial charge on any atom is 0.164 e. The number of aryl methyl sites for hydroxylation is 2. The van der Waals surface area contributed by atoms with E-state index in [9.17, 15) is 0 Å². The number of amidine groups is 1. The molecule has 0 amide bonds. The molecule has 8 nitrogen and oxygen atoms in total. The summed E-state index contributed by atoms with van der Waals surface area (Å²) in [5.41, 5.74) is 5.26. The number of nitrogens with zero attached hydrogens (tertiary/aromatic N) is 7. The van der Waals surface area contributed by atoms with E-state index in [1.54, 1.807) is 0 Å². The van der Waals surface area contributed by atoms with Gasteiger partial charge in [-0.2, -0.15) is 5.10 Å². The van der Waals surface area contributed by atoms with E-state index in [1.807, 2.05) is 23.0 Å². The lowest BCUT2D eigenvalue weighted by atomic mass is 10.1. The van der Waals surface area contributed by atoms with Crippen molar-refractivity contribution in [1.82, 2.24) is 19.4 Å². The normalized spacial score (nSPS) is 17.6. The first kappa shape index (κ1) is 18.9. The van der Waals surface area contributed by atoms with Crippen LogP contribution in [0.4, 0.5) is 11.5 Å². The highest BCUT2D eigenvalue weighted by atomic mass is 16.5. The quantitative estimate of drug-likeness (QED) is 0.666. The summed E-state index contributed by atoms with van der Waals surface area (Å²) in [6.45, 7) is 6.95. The highest BCUT2D eigenvalue weighted by Crippen LogP contribution is 2.30. The molecule has 0 atom stereocenters. The second kappa shape index (κ2) is 7.60. The lowest BCUT2D eigenvalue weighted by Gasteiger charge is -2.33. The summed E-state index contributed by atoms with van der Waals surface area (Å²) in [7, 11) is 4.08. The van der Waals surface area contributed by atoms with Crippen molar-refractivity contribution >= 4 is 28.5 Å². The van der Waals surface area contributed by atoms with Gasteiger partial charge in [0.2, 0.25) is 0 Å². The summed E-state index contributed by atoms with van der Waals surface area (Å²) >= 11 is 0. The smallest absolute Gasteiger partial charge is 0.164 e. The molecule has 3 aromatic rings. The number of morpholine rings is 1. The van der Waals surface area contributed by atoms with Crippen LogP contribution in [0.1, 0.15) is 11.1 Å². The van der Waals surface area contributed by atoms with Crippen LogP contribution in [0.3, 0.4) is 0 Å². The number of hydrazone groups is 1. The summed E-state index contributed by atoms with van der Waals surface area (Å²) in [4.78, 5) is 14.1. The molecule has 2 aromatic heterocycles. The molecule has 0 spiro atoms. The lowest BCUT2D eigenvalue weighted by Crippen LogP contribution is -2.42. The van der Waals surface area contributed by atoms with Crippen LogP contribution in [-0.2, 0) is 11.8 Å². The molecule has 1 aromatic carbocycles. The molecule has 0 bridgehead atoms. The minimum atomic E-state index is 0.732. The van der Waals surface area contributed by atoms with Gasteiger partial charge in [0, 0.05) is 45.4 Å². The van der Waals surface area contributed by atoms with E-state index in [0.29, 0.717) is 0 Å². The number of ether oxygens (including phenoxy) is 1. The van der Waals surface area contributed by atoms with Crippen LogP contribution in [0.2, 0.25) is 0 Å². The van der Waals surface area contributed by atoms with Gasteiger partial charge in [-0.05, 0) is 13.0 Å². The Kier molecular flexibility index (Phi) is 4.78. The van der Waals surface area contributed by atoms with Gasteiger partial charge in [-0.1, -0.05) is 23.8 Å². The van der Waals surface area contributed by atoms with E-state index in [1.165, 1.54) is 5.56 Å². The van der Waals surface area contributed by atoms with Crippen molar-refractivity contribution < 1.29 is 4.74 Å². The van der Waals surface area contributed by atoms with Gasteiger partial charge in [0.05, 0.1) is 31.8 Å². The second-order valence-electron chi connectivity index (χ2n) is 7.96. The highest BCUT2D eigenvalue weighted by Gasteiger charge is 2.24. The monoisotopic (exact) mass is 405 g/mol. The van der Waals surface area contributed by atoms with E-state index in [4.69, 9.17) is 14.8 Å². The van der Waals surface area contributed by atoms with E-state index in [-0.39, 0.29) is 0 Å². The number of aromatic nitrogens is 3. The molecule has 0 unspecified atom stereocenters. The Labute approximate surface area is 176 Å². The van der Waals surface area contributed by atoms with Crippen LogP contribution in [0.25, 0.3) is 11.2 Å². The highest BCUT2D eigenvalue weighted by molar-refractivity contribution is 6.00. The third-order valence-electron chi connectivity index (χ3n) is 5.75. The van der Waals surface area contributed by atoms with Gasteiger partial charge in [-0.3, -0.25) is 0 Å². The largest absolute Gasteiger partial charge is 0.378 e. The fourth-order valence-corrected chi connectivity index (χ4v) is 4.06. The number of likely N-dealkylation sites (N-methyl/N-ethyl adjacent to an activating group) is 1. The standard InChI is InChI=1S/C22H27N7O/c1-16-5-4-6-17(13-16)21-25-29(8-7-26(21)2)19-14-18(28-9-11-30-12-10-28)20-22(24-19)27(3)15-23-20/h4-6,13-15H,7-12H2,1-3H3. The fraction of sp³-hybridized carbons (Fsp3) is 0.409. The molecule has 156 valence electrons. The van der Waals surface area contributed by atoms with Crippen molar-refractivity contribution in [3.8, 4) is 0 Å². The molecule has 0 N–H and O–H groups in total. The van der Waals surface area contributed by atoms with E-state index in [0.717, 1.165) is 73.5 Å². The van der Waals surface area contributed by atoms with Gasteiger partial charge in [-0.15, -0.1) is 0 Å². The van der Waals surface area contributed by atoms with Crippen molar-refractivity contribution in [1.29, 1.82) is 0 Å². The van der Waals surface area contributed by atoms with Gasteiger partial charge in [0.15, 0.2) is 17.3 Å². The molecular weight excluding hydrogens is 378 g/mol. The summed E-state index contributed by atoms with van der Waals surface area (Å²) in [5, 5.41) is 7.01. The molecule has 2 aliphatic rings.